The normalized spacial score (nSPS) is 41.8. The van der Waals surface area contributed by atoms with Crippen molar-refractivity contribution in [2.45, 2.75) is 71.3 Å². The third-order valence-electron chi connectivity index (χ3n) is 9.92. The number of nitrogens with one attached hydrogen (secondary N) is 2. The van der Waals surface area contributed by atoms with Crippen LogP contribution < -0.4 is 10.6 Å². The molecule has 7 heteroatoms. The number of amides is 3. The van der Waals surface area contributed by atoms with Crippen molar-refractivity contribution in [3.8, 4) is 0 Å². The smallest absolute Gasteiger partial charge is 0.321 e. The van der Waals surface area contributed by atoms with Gasteiger partial charge >= 0.3 is 6.03 Å². The van der Waals surface area contributed by atoms with Crippen LogP contribution in [0.25, 0.3) is 0 Å². The van der Waals surface area contributed by atoms with Crippen LogP contribution in [0.3, 0.4) is 0 Å². The number of piperidine rings is 1. The van der Waals surface area contributed by atoms with Gasteiger partial charge in [0.1, 0.15) is 0 Å². The molecule has 1 aliphatic heterocycles. The molecule has 4 aliphatic rings. The molecule has 0 bridgehead atoms. The molecule has 3 amide bonds. The van der Waals surface area contributed by atoms with Crippen LogP contribution in [0.15, 0.2) is 11.6 Å². The zero-order valence-corrected chi connectivity index (χ0v) is 19.8. The molecular weight excluding hydrogens is 408 g/mol. The Labute approximate surface area is 189 Å². The minimum atomic E-state index is -0.140. The van der Waals surface area contributed by atoms with Crippen molar-refractivity contribution in [3.63, 3.8) is 0 Å². The minimum Gasteiger partial charge on any atom is -0.342 e. The molecule has 1 saturated heterocycles. The number of carbonyl (C=O) groups excluding carboxylic acids is 2. The van der Waals surface area contributed by atoms with Crippen molar-refractivity contribution in [2.75, 3.05) is 18.9 Å². The van der Waals surface area contributed by atoms with Crippen LogP contribution in [0, 0.1) is 34.5 Å². The fraction of sp³-hybridized carbons (Fsp3) is 0.792. The topological polar surface area (TPSA) is 74.3 Å². The standard InChI is InChI=1S/C24H36N4O2S/c1-23-10-8-18-16(5-7-19-24(18,2)11-9-20(29)28(19)3)17(23)6-4-15(23)14-26-21(30)27-22-25-12-13-31-22/h12-13,15-19H,4-11,14H2,1-3H3,(H2,25,26,27,30)/t15?,16-,17-,18+,19?,23+,24+/m0/s1. The van der Waals surface area contributed by atoms with Crippen molar-refractivity contribution < 1.29 is 9.59 Å². The van der Waals surface area contributed by atoms with Gasteiger partial charge in [0.15, 0.2) is 5.13 Å². The summed E-state index contributed by atoms with van der Waals surface area (Å²) >= 11 is 1.44. The molecule has 0 aromatic carbocycles. The Morgan fingerprint density at radius 2 is 1.97 bits per heavy atom. The number of anilines is 1. The summed E-state index contributed by atoms with van der Waals surface area (Å²) in [6, 6.07) is 0.284. The van der Waals surface area contributed by atoms with Gasteiger partial charge in [-0.05, 0) is 79.4 Å². The molecule has 2 N–H and O–H groups in total. The Morgan fingerprint density at radius 1 is 1.16 bits per heavy atom. The zero-order chi connectivity index (χ0) is 21.8. The van der Waals surface area contributed by atoms with E-state index in [-0.39, 0.29) is 11.4 Å². The van der Waals surface area contributed by atoms with E-state index in [1.165, 1.54) is 43.4 Å². The SMILES string of the molecule is CN1C(=O)CC[C@@]2(C)C1CC[C@@H]1[C@H]2CC[C@]2(C)C(CNC(=O)Nc3nccs3)CC[C@@H]12. The highest BCUT2D eigenvalue weighted by Gasteiger charge is 2.60. The van der Waals surface area contributed by atoms with Gasteiger partial charge in [0.2, 0.25) is 5.91 Å². The van der Waals surface area contributed by atoms with E-state index in [1.807, 2.05) is 12.4 Å². The van der Waals surface area contributed by atoms with E-state index in [0.717, 1.165) is 43.6 Å². The highest BCUT2D eigenvalue weighted by molar-refractivity contribution is 7.13. The maximum atomic E-state index is 12.3. The molecule has 1 aromatic rings. The fourth-order valence-electron chi connectivity index (χ4n) is 8.24. The molecule has 6 nitrogen and oxygen atoms in total. The van der Waals surface area contributed by atoms with Gasteiger partial charge in [-0.1, -0.05) is 13.8 Å². The second-order valence-electron chi connectivity index (χ2n) is 11.0. The van der Waals surface area contributed by atoms with E-state index in [4.69, 9.17) is 0 Å². The van der Waals surface area contributed by atoms with Crippen molar-refractivity contribution >= 4 is 28.4 Å². The lowest BCUT2D eigenvalue weighted by Gasteiger charge is -2.61. The molecule has 3 saturated carbocycles. The van der Waals surface area contributed by atoms with Gasteiger partial charge in [-0.25, -0.2) is 9.78 Å². The Morgan fingerprint density at radius 3 is 2.74 bits per heavy atom. The van der Waals surface area contributed by atoms with Crippen LogP contribution in [0.1, 0.15) is 65.2 Å². The highest BCUT2D eigenvalue weighted by atomic mass is 32.1. The quantitative estimate of drug-likeness (QED) is 0.707. The third kappa shape index (κ3) is 3.38. The van der Waals surface area contributed by atoms with Crippen LogP contribution >= 0.6 is 11.3 Å². The number of urea groups is 1. The maximum Gasteiger partial charge on any atom is 0.321 e. The number of thiazole rings is 1. The average molecular weight is 445 g/mol. The molecule has 170 valence electrons. The molecule has 0 radical (unpaired) electrons. The first-order chi connectivity index (χ1) is 14.8. The summed E-state index contributed by atoms with van der Waals surface area (Å²) in [5.74, 6) is 3.14. The van der Waals surface area contributed by atoms with Crippen molar-refractivity contribution in [1.82, 2.24) is 15.2 Å². The summed E-state index contributed by atoms with van der Waals surface area (Å²) in [5, 5.41) is 8.49. The summed E-state index contributed by atoms with van der Waals surface area (Å²) in [7, 11) is 2.03. The number of hydrogen-bond donors (Lipinski definition) is 2. The Balaban J connectivity index is 1.26. The van der Waals surface area contributed by atoms with Crippen LogP contribution in [0.5, 0.6) is 0 Å². The number of nitrogens with zero attached hydrogens (tertiary/aromatic N) is 2. The molecule has 5 rings (SSSR count). The third-order valence-corrected chi connectivity index (χ3v) is 10.6. The minimum absolute atomic E-state index is 0.140. The molecule has 7 atom stereocenters. The fourth-order valence-corrected chi connectivity index (χ4v) is 8.76. The number of fused-ring (bicyclic) bond motifs is 5. The van der Waals surface area contributed by atoms with Gasteiger partial charge in [0, 0.05) is 37.6 Å². The molecule has 2 unspecified atom stereocenters. The molecule has 31 heavy (non-hydrogen) atoms. The predicted molar refractivity (Wildman–Crippen MR) is 123 cm³/mol. The second-order valence-corrected chi connectivity index (χ2v) is 11.9. The Kier molecular flexibility index (Phi) is 5.31. The van der Waals surface area contributed by atoms with Crippen molar-refractivity contribution in [1.29, 1.82) is 0 Å². The molecule has 1 aromatic heterocycles. The van der Waals surface area contributed by atoms with E-state index in [1.54, 1.807) is 6.20 Å². The van der Waals surface area contributed by atoms with Crippen molar-refractivity contribution in [3.05, 3.63) is 11.6 Å². The lowest BCUT2D eigenvalue weighted by molar-refractivity contribution is -0.158. The average Bonchev–Trinajstić information content (AvgIpc) is 3.36. The predicted octanol–water partition coefficient (Wildman–Crippen LogP) is 4.74. The summed E-state index contributed by atoms with van der Waals surface area (Å²) in [5.41, 5.74) is 0.589. The number of rotatable bonds is 3. The van der Waals surface area contributed by atoms with Crippen LogP contribution in [0.2, 0.25) is 0 Å². The van der Waals surface area contributed by atoms with E-state index in [0.29, 0.717) is 28.4 Å². The zero-order valence-electron chi connectivity index (χ0n) is 19.0. The second kappa shape index (κ2) is 7.75. The Bertz CT molecular complexity index is 845. The Hall–Kier alpha value is -1.63. The van der Waals surface area contributed by atoms with Gasteiger partial charge in [-0.2, -0.15) is 0 Å². The van der Waals surface area contributed by atoms with Crippen molar-refractivity contribution in [2.24, 2.45) is 34.5 Å². The first-order valence-corrected chi connectivity index (χ1v) is 12.9. The maximum absolute atomic E-state index is 12.3. The molecule has 3 aliphatic carbocycles. The number of likely N-dealkylation sites (tertiary alicyclic amines) is 1. The molecular formula is C24H36N4O2S. The van der Waals surface area contributed by atoms with E-state index < -0.39 is 0 Å². The first-order valence-electron chi connectivity index (χ1n) is 12.0. The van der Waals surface area contributed by atoms with Gasteiger partial charge in [0.05, 0.1) is 0 Å². The first kappa shape index (κ1) is 21.2. The monoisotopic (exact) mass is 444 g/mol. The van der Waals surface area contributed by atoms with Crippen LogP contribution in [-0.4, -0.2) is 41.5 Å². The summed E-state index contributed by atoms with van der Waals surface area (Å²) in [6.07, 6.45) is 10.9. The van der Waals surface area contributed by atoms with Crippen LogP contribution in [-0.2, 0) is 4.79 Å². The largest absolute Gasteiger partial charge is 0.342 e. The molecule has 2 heterocycles. The van der Waals surface area contributed by atoms with E-state index >= 15 is 0 Å². The van der Waals surface area contributed by atoms with E-state index in [9.17, 15) is 9.59 Å². The number of hydrogen-bond acceptors (Lipinski definition) is 4. The summed E-state index contributed by atoms with van der Waals surface area (Å²) < 4.78 is 0. The van der Waals surface area contributed by atoms with Crippen LogP contribution in [0.4, 0.5) is 9.93 Å². The summed E-state index contributed by atoms with van der Waals surface area (Å²) in [4.78, 5) is 30.9. The highest BCUT2D eigenvalue weighted by Crippen LogP contribution is 2.66. The molecule has 4 fully saturated rings. The summed E-state index contributed by atoms with van der Waals surface area (Å²) in [6.45, 7) is 5.73. The number of carbonyl (C=O) groups is 2. The van der Waals surface area contributed by atoms with E-state index in [2.05, 4.69) is 34.4 Å². The van der Waals surface area contributed by atoms with Gasteiger partial charge in [-0.15, -0.1) is 11.3 Å². The number of aromatic nitrogens is 1. The lowest BCUT2D eigenvalue weighted by atomic mass is 9.47. The van der Waals surface area contributed by atoms with Gasteiger partial charge in [-0.3, -0.25) is 10.1 Å². The molecule has 0 spiro atoms. The van der Waals surface area contributed by atoms with Gasteiger partial charge in [0.25, 0.3) is 0 Å². The lowest BCUT2D eigenvalue weighted by Crippen LogP contribution is -2.61. The van der Waals surface area contributed by atoms with Gasteiger partial charge < -0.3 is 10.2 Å².